The van der Waals surface area contributed by atoms with E-state index in [-0.39, 0.29) is 23.1 Å². The monoisotopic (exact) mass is 241 g/mol. The topological polar surface area (TPSA) is 55.5 Å². The zero-order valence-electron chi connectivity index (χ0n) is 10.5. The van der Waals surface area contributed by atoms with Crippen molar-refractivity contribution in [1.82, 2.24) is 0 Å². The minimum atomic E-state index is -0.907. The number of benzene rings is 1. The zero-order valence-corrected chi connectivity index (χ0v) is 10.5. The molecule has 0 saturated carbocycles. The van der Waals surface area contributed by atoms with E-state index in [4.69, 9.17) is 10.5 Å². The Morgan fingerprint density at radius 3 is 2.53 bits per heavy atom. The van der Waals surface area contributed by atoms with Crippen molar-refractivity contribution in [3.8, 4) is 5.75 Å². The van der Waals surface area contributed by atoms with Crippen molar-refractivity contribution >= 4 is 0 Å². The Labute approximate surface area is 101 Å². The third-order valence-electron chi connectivity index (χ3n) is 3.07. The van der Waals surface area contributed by atoms with E-state index in [9.17, 15) is 9.50 Å². The molecule has 0 heterocycles. The average Bonchev–Trinajstić information content (AvgIpc) is 2.29. The molecule has 4 heteroatoms. The van der Waals surface area contributed by atoms with Crippen LogP contribution in [0.5, 0.6) is 5.75 Å². The quantitative estimate of drug-likeness (QED) is 0.830. The summed E-state index contributed by atoms with van der Waals surface area (Å²) >= 11 is 0. The van der Waals surface area contributed by atoms with Gasteiger partial charge >= 0.3 is 0 Å². The number of nitrogens with two attached hydrogens (primary N) is 1. The lowest BCUT2D eigenvalue weighted by molar-refractivity contribution is 0.0823. The average molecular weight is 241 g/mol. The van der Waals surface area contributed by atoms with Crippen LogP contribution < -0.4 is 10.5 Å². The van der Waals surface area contributed by atoms with Crippen LogP contribution in [0.15, 0.2) is 18.2 Å². The van der Waals surface area contributed by atoms with Crippen molar-refractivity contribution in [2.24, 2.45) is 17.6 Å². The predicted molar refractivity (Wildman–Crippen MR) is 65.3 cm³/mol. The molecule has 0 saturated heterocycles. The van der Waals surface area contributed by atoms with Gasteiger partial charge in [0.25, 0.3) is 0 Å². The van der Waals surface area contributed by atoms with Gasteiger partial charge in [0.2, 0.25) is 0 Å². The maximum Gasteiger partial charge on any atom is 0.170 e. The fourth-order valence-corrected chi connectivity index (χ4v) is 1.91. The van der Waals surface area contributed by atoms with Crippen LogP contribution in [0, 0.1) is 17.7 Å². The fourth-order valence-electron chi connectivity index (χ4n) is 1.91. The zero-order chi connectivity index (χ0) is 13.0. The van der Waals surface area contributed by atoms with Crippen molar-refractivity contribution in [2.75, 3.05) is 13.7 Å². The van der Waals surface area contributed by atoms with E-state index in [1.54, 1.807) is 12.1 Å². The van der Waals surface area contributed by atoms with Gasteiger partial charge in [-0.25, -0.2) is 4.39 Å². The van der Waals surface area contributed by atoms with Gasteiger partial charge in [0.15, 0.2) is 11.6 Å². The summed E-state index contributed by atoms with van der Waals surface area (Å²) in [5.41, 5.74) is 5.86. The van der Waals surface area contributed by atoms with Gasteiger partial charge < -0.3 is 15.6 Å². The largest absolute Gasteiger partial charge is 0.494 e. The lowest BCUT2D eigenvalue weighted by Crippen LogP contribution is -2.27. The molecule has 0 amide bonds. The van der Waals surface area contributed by atoms with Crippen LogP contribution >= 0.6 is 0 Å². The highest BCUT2D eigenvalue weighted by molar-refractivity contribution is 5.32. The number of ether oxygens (including phenoxy) is 1. The summed E-state index contributed by atoms with van der Waals surface area (Å²) in [6, 6.07) is 4.75. The normalized spacial score (nSPS) is 14.8. The fraction of sp³-hybridized carbons (Fsp3) is 0.538. The van der Waals surface area contributed by atoms with E-state index < -0.39 is 11.9 Å². The predicted octanol–water partition coefficient (Wildman–Crippen LogP) is 2.10. The van der Waals surface area contributed by atoms with Gasteiger partial charge in [0.1, 0.15) is 0 Å². The third kappa shape index (κ3) is 2.96. The highest BCUT2D eigenvalue weighted by atomic mass is 19.1. The van der Waals surface area contributed by atoms with Crippen molar-refractivity contribution in [3.63, 3.8) is 0 Å². The first-order valence-electron chi connectivity index (χ1n) is 5.73. The van der Waals surface area contributed by atoms with Crippen molar-refractivity contribution in [3.05, 3.63) is 29.6 Å². The first-order chi connectivity index (χ1) is 8.02. The van der Waals surface area contributed by atoms with Crippen LogP contribution in [0.3, 0.4) is 0 Å². The van der Waals surface area contributed by atoms with Gasteiger partial charge in [0, 0.05) is 11.5 Å². The van der Waals surface area contributed by atoms with Crippen LogP contribution in [0.1, 0.15) is 25.5 Å². The van der Waals surface area contributed by atoms with Crippen LogP contribution in [0.4, 0.5) is 4.39 Å². The van der Waals surface area contributed by atoms with Gasteiger partial charge in [-0.15, -0.1) is 0 Å². The van der Waals surface area contributed by atoms with Crippen LogP contribution in [-0.4, -0.2) is 18.8 Å². The highest BCUT2D eigenvalue weighted by Crippen LogP contribution is 2.32. The lowest BCUT2D eigenvalue weighted by atomic mass is 9.86. The van der Waals surface area contributed by atoms with Gasteiger partial charge in [-0.2, -0.15) is 0 Å². The molecule has 1 rings (SSSR count). The first-order valence-corrected chi connectivity index (χ1v) is 5.73. The summed E-state index contributed by atoms with van der Waals surface area (Å²) in [5, 5.41) is 10.2. The molecule has 0 fully saturated rings. The van der Waals surface area contributed by atoms with Crippen molar-refractivity contribution in [1.29, 1.82) is 0 Å². The molecular weight excluding hydrogens is 221 g/mol. The Morgan fingerprint density at radius 1 is 1.41 bits per heavy atom. The molecule has 0 spiro atoms. The molecule has 0 bridgehead atoms. The Morgan fingerprint density at radius 2 is 2.06 bits per heavy atom. The molecular formula is C13H20FNO2. The molecule has 0 radical (unpaired) electrons. The SMILES string of the molecule is COc1cccc(C(O)C(CN)C(C)C)c1F. The molecule has 0 aliphatic rings. The number of hydrogen-bond donors (Lipinski definition) is 2. The van der Waals surface area contributed by atoms with Crippen molar-refractivity contribution in [2.45, 2.75) is 20.0 Å². The van der Waals surface area contributed by atoms with E-state index in [1.165, 1.54) is 13.2 Å². The number of halogens is 1. The van der Waals surface area contributed by atoms with E-state index in [0.717, 1.165) is 0 Å². The highest BCUT2D eigenvalue weighted by Gasteiger charge is 2.26. The second-order valence-electron chi connectivity index (χ2n) is 4.45. The molecule has 1 aromatic rings. The maximum atomic E-state index is 14.0. The Bertz CT molecular complexity index is 368. The standard InChI is InChI=1S/C13H20FNO2/c1-8(2)10(7-15)13(16)9-5-4-6-11(17-3)12(9)14/h4-6,8,10,13,16H,7,15H2,1-3H3. The van der Waals surface area contributed by atoms with E-state index in [0.29, 0.717) is 6.54 Å². The first kappa shape index (κ1) is 13.9. The maximum absolute atomic E-state index is 14.0. The molecule has 3 N–H and O–H groups in total. The molecule has 17 heavy (non-hydrogen) atoms. The minimum absolute atomic E-state index is 0.140. The van der Waals surface area contributed by atoms with Gasteiger partial charge in [-0.3, -0.25) is 0 Å². The summed E-state index contributed by atoms with van der Waals surface area (Å²) < 4.78 is 18.8. The molecule has 0 aliphatic carbocycles. The second-order valence-corrected chi connectivity index (χ2v) is 4.45. The minimum Gasteiger partial charge on any atom is -0.494 e. The van der Waals surface area contributed by atoms with Gasteiger partial charge in [-0.1, -0.05) is 26.0 Å². The number of rotatable bonds is 5. The number of aliphatic hydroxyl groups is 1. The Balaban J connectivity index is 3.07. The summed E-state index contributed by atoms with van der Waals surface area (Å²) in [7, 11) is 1.40. The number of methoxy groups -OCH3 is 1. The van der Waals surface area contributed by atoms with Crippen LogP contribution in [0.2, 0.25) is 0 Å². The van der Waals surface area contributed by atoms with Crippen LogP contribution in [0.25, 0.3) is 0 Å². The molecule has 2 atom stereocenters. The second kappa shape index (κ2) is 5.98. The van der Waals surface area contributed by atoms with Crippen molar-refractivity contribution < 1.29 is 14.2 Å². The van der Waals surface area contributed by atoms with Gasteiger partial charge in [-0.05, 0) is 18.5 Å². The van der Waals surface area contributed by atoms with E-state index in [1.807, 2.05) is 13.8 Å². The lowest BCUT2D eigenvalue weighted by Gasteiger charge is -2.25. The summed E-state index contributed by atoms with van der Waals surface area (Å²) in [4.78, 5) is 0. The molecule has 96 valence electrons. The summed E-state index contributed by atoms with van der Waals surface area (Å²) in [6.45, 7) is 4.23. The van der Waals surface area contributed by atoms with E-state index >= 15 is 0 Å². The smallest absolute Gasteiger partial charge is 0.170 e. The molecule has 0 aromatic heterocycles. The Hall–Kier alpha value is -1.13. The summed E-state index contributed by atoms with van der Waals surface area (Å²) in [5.74, 6) is -0.361. The molecule has 3 nitrogen and oxygen atoms in total. The molecule has 1 aromatic carbocycles. The van der Waals surface area contributed by atoms with Crippen LogP contribution in [-0.2, 0) is 0 Å². The Kier molecular flexibility index (Phi) is 4.90. The number of aliphatic hydroxyl groups excluding tert-OH is 1. The number of hydrogen-bond acceptors (Lipinski definition) is 3. The third-order valence-corrected chi connectivity index (χ3v) is 3.07. The molecule has 2 unspecified atom stereocenters. The molecule has 0 aliphatic heterocycles. The van der Waals surface area contributed by atoms with Gasteiger partial charge in [0.05, 0.1) is 13.2 Å². The van der Waals surface area contributed by atoms with E-state index in [2.05, 4.69) is 0 Å². The summed E-state index contributed by atoms with van der Waals surface area (Å²) in [6.07, 6.45) is -0.907.